The second-order valence-corrected chi connectivity index (χ2v) is 5.78. The van der Waals surface area contributed by atoms with Gasteiger partial charge in [-0.1, -0.05) is 12.1 Å². The number of carbonyl (C=O) groups is 2. The number of amides is 2. The molecule has 0 aliphatic heterocycles. The highest BCUT2D eigenvalue weighted by Crippen LogP contribution is 2.30. The Bertz CT molecular complexity index is 769. The molecule has 5 heteroatoms. The topological polar surface area (TPSA) is 58.2 Å². The summed E-state index contributed by atoms with van der Waals surface area (Å²) in [6.07, 6.45) is 1.83. The van der Waals surface area contributed by atoms with Gasteiger partial charge in [0.25, 0.3) is 5.91 Å². The lowest BCUT2D eigenvalue weighted by Gasteiger charge is -2.09. The lowest BCUT2D eigenvalue weighted by Crippen LogP contribution is -2.16. The van der Waals surface area contributed by atoms with Crippen molar-refractivity contribution in [2.75, 3.05) is 10.6 Å². The number of rotatable bonds is 4. The number of hydrogen-bond acceptors (Lipinski definition) is 2. The zero-order chi connectivity index (χ0) is 16.4. The van der Waals surface area contributed by atoms with Gasteiger partial charge in [-0.2, -0.15) is 0 Å². The summed E-state index contributed by atoms with van der Waals surface area (Å²) in [5.74, 6) is -0.833. The molecule has 0 heterocycles. The van der Waals surface area contributed by atoms with Crippen molar-refractivity contribution in [1.29, 1.82) is 0 Å². The molecule has 0 unspecified atom stereocenters. The van der Waals surface area contributed by atoms with Crippen molar-refractivity contribution in [3.05, 3.63) is 59.4 Å². The Kier molecular flexibility index (Phi) is 4.10. The van der Waals surface area contributed by atoms with Crippen molar-refractivity contribution in [1.82, 2.24) is 0 Å². The first kappa shape index (κ1) is 15.2. The molecule has 2 amide bonds. The summed E-state index contributed by atoms with van der Waals surface area (Å²) in [5, 5.41) is 5.35. The summed E-state index contributed by atoms with van der Waals surface area (Å²) >= 11 is 0. The van der Waals surface area contributed by atoms with E-state index in [2.05, 4.69) is 10.6 Å². The number of nitrogens with one attached hydrogen (secondary N) is 2. The van der Waals surface area contributed by atoms with E-state index in [1.54, 1.807) is 36.4 Å². The minimum absolute atomic E-state index is 0.0210. The molecule has 2 aromatic carbocycles. The Balaban J connectivity index is 1.74. The lowest BCUT2D eigenvalue weighted by atomic mass is 10.1. The molecule has 0 aromatic heterocycles. The normalized spacial score (nSPS) is 13.5. The van der Waals surface area contributed by atoms with Gasteiger partial charge in [0.1, 0.15) is 5.82 Å². The monoisotopic (exact) mass is 312 g/mol. The van der Waals surface area contributed by atoms with Crippen LogP contribution < -0.4 is 10.6 Å². The average Bonchev–Trinajstić information content (AvgIpc) is 3.36. The maximum absolute atomic E-state index is 13.7. The van der Waals surface area contributed by atoms with E-state index in [4.69, 9.17) is 0 Å². The quantitative estimate of drug-likeness (QED) is 0.903. The van der Waals surface area contributed by atoms with E-state index in [9.17, 15) is 14.0 Å². The van der Waals surface area contributed by atoms with Crippen LogP contribution in [0.4, 0.5) is 15.8 Å². The molecule has 0 bridgehead atoms. The highest BCUT2D eigenvalue weighted by molar-refractivity contribution is 6.05. The van der Waals surface area contributed by atoms with Crippen molar-refractivity contribution in [3.8, 4) is 0 Å². The smallest absolute Gasteiger partial charge is 0.255 e. The fraction of sp³-hybridized carbons (Fsp3) is 0.222. The molecule has 1 aliphatic carbocycles. The number of carbonyl (C=O) groups excluding carboxylic acids is 2. The number of hydrogen-bond donors (Lipinski definition) is 2. The third-order valence-electron chi connectivity index (χ3n) is 3.71. The largest absolute Gasteiger partial charge is 0.326 e. The van der Waals surface area contributed by atoms with Gasteiger partial charge in [-0.15, -0.1) is 0 Å². The molecular weight excluding hydrogens is 295 g/mol. The van der Waals surface area contributed by atoms with Crippen molar-refractivity contribution in [3.63, 3.8) is 0 Å². The van der Waals surface area contributed by atoms with Gasteiger partial charge in [0.15, 0.2) is 0 Å². The summed E-state index contributed by atoms with van der Waals surface area (Å²) in [6, 6.07) is 11.1. The summed E-state index contributed by atoms with van der Waals surface area (Å²) in [7, 11) is 0. The van der Waals surface area contributed by atoms with Crippen LogP contribution in [-0.4, -0.2) is 11.8 Å². The minimum Gasteiger partial charge on any atom is -0.326 e. The molecule has 0 spiro atoms. The Morgan fingerprint density at radius 3 is 2.61 bits per heavy atom. The number of benzene rings is 2. The van der Waals surface area contributed by atoms with Crippen molar-refractivity contribution < 1.29 is 14.0 Å². The Hall–Kier alpha value is -2.69. The van der Waals surface area contributed by atoms with Crippen LogP contribution in [0.15, 0.2) is 42.5 Å². The maximum atomic E-state index is 13.7. The van der Waals surface area contributed by atoms with Crippen LogP contribution in [0.1, 0.15) is 28.8 Å². The number of aryl methyl sites for hydroxylation is 1. The van der Waals surface area contributed by atoms with E-state index in [-0.39, 0.29) is 17.5 Å². The fourth-order valence-corrected chi connectivity index (χ4v) is 2.26. The van der Waals surface area contributed by atoms with Crippen LogP contribution in [0.2, 0.25) is 0 Å². The molecule has 1 saturated carbocycles. The molecule has 118 valence electrons. The summed E-state index contributed by atoms with van der Waals surface area (Å²) in [6.45, 7) is 1.82. The van der Waals surface area contributed by atoms with Crippen LogP contribution in [0.5, 0.6) is 0 Å². The standard InChI is InChI=1S/C18H17FN2O2/c1-11-5-8-15(19)16(9-11)21-18(23)13-3-2-4-14(10-13)20-17(22)12-6-7-12/h2-5,8-10,12H,6-7H2,1H3,(H,20,22)(H,21,23). The van der Waals surface area contributed by atoms with Gasteiger partial charge in [-0.3, -0.25) is 9.59 Å². The summed E-state index contributed by atoms with van der Waals surface area (Å²) in [4.78, 5) is 24.0. The van der Waals surface area contributed by atoms with Gasteiger partial charge in [-0.25, -0.2) is 4.39 Å². The van der Waals surface area contributed by atoms with Gasteiger partial charge in [-0.05, 0) is 55.7 Å². The van der Waals surface area contributed by atoms with Crippen molar-refractivity contribution >= 4 is 23.2 Å². The van der Waals surface area contributed by atoms with E-state index in [1.165, 1.54) is 6.07 Å². The second kappa shape index (κ2) is 6.20. The maximum Gasteiger partial charge on any atom is 0.255 e. The third kappa shape index (κ3) is 3.74. The van der Waals surface area contributed by atoms with Crippen molar-refractivity contribution in [2.24, 2.45) is 5.92 Å². The Morgan fingerprint density at radius 2 is 1.87 bits per heavy atom. The first-order valence-electron chi connectivity index (χ1n) is 7.51. The third-order valence-corrected chi connectivity index (χ3v) is 3.71. The first-order chi connectivity index (χ1) is 11.0. The molecule has 0 atom stereocenters. The van der Waals surface area contributed by atoms with Gasteiger partial charge in [0.05, 0.1) is 5.69 Å². The second-order valence-electron chi connectivity index (χ2n) is 5.78. The molecule has 4 nitrogen and oxygen atoms in total. The van der Waals surface area contributed by atoms with E-state index >= 15 is 0 Å². The predicted octanol–water partition coefficient (Wildman–Crippen LogP) is 3.73. The van der Waals surface area contributed by atoms with E-state index in [0.717, 1.165) is 18.4 Å². The molecular formula is C18H17FN2O2. The zero-order valence-electron chi connectivity index (χ0n) is 12.7. The SMILES string of the molecule is Cc1ccc(F)c(NC(=O)c2cccc(NC(=O)C3CC3)c2)c1. The van der Waals surface area contributed by atoms with Gasteiger partial charge in [0.2, 0.25) is 5.91 Å². The highest BCUT2D eigenvalue weighted by atomic mass is 19.1. The molecule has 23 heavy (non-hydrogen) atoms. The first-order valence-corrected chi connectivity index (χ1v) is 7.51. The van der Waals surface area contributed by atoms with Gasteiger partial charge < -0.3 is 10.6 Å². The molecule has 1 aliphatic rings. The Labute approximate surface area is 133 Å². The van der Waals surface area contributed by atoms with Crippen LogP contribution in [0.3, 0.4) is 0 Å². The highest BCUT2D eigenvalue weighted by Gasteiger charge is 2.29. The summed E-state index contributed by atoms with van der Waals surface area (Å²) < 4.78 is 13.7. The number of anilines is 2. The van der Waals surface area contributed by atoms with Crippen LogP contribution in [0, 0.1) is 18.7 Å². The molecule has 0 radical (unpaired) electrons. The van der Waals surface area contributed by atoms with Gasteiger partial charge >= 0.3 is 0 Å². The zero-order valence-corrected chi connectivity index (χ0v) is 12.7. The van der Waals surface area contributed by atoms with Crippen LogP contribution in [0.25, 0.3) is 0 Å². The van der Waals surface area contributed by atoms with Crippen LogP contribution >= 0.6 is 0 Å². The van der Waals surface area contributed by atoms with Crippen molar-refractivity contribution in [2.45, 2.75) is 19.8 Å². The molecule has 2 N–H and O–H groups in total. The number of halogens is 1. The average molecular weight is 312 g/mol. The molecule has 2 aromatic rings. The lowest BCUT2D eigenvalue weighted by molar-refractivity contribution is -0.117. The van der Waals surface area contributed by atoms with E-state index in [1.807, 2.05) is 6.92 Å². The summed E-state index contributed by atoms with van der Waals surface area (Å²) in [5.41, 5.74) is 1.92. The van der Waals surface area contributed by atoms with E-state index < -0.39 is 11.7 Å². The molecule has 3 rings (SSSR count). The Morgan fingerprint density at radius 1 is 1.09 bits per heavy atom. The van der Waals surface area contributed by atoms with Crippen LogP contribution in [-0.2, 0) is 4.79 Å². The minimum atomic E-state index is -0.484. The van der Waals surface area contributed by atoms with E-state index in [0.29, 0.717) is 11.3 Å². The van der Waals surface area contributed by atoms with Gasteiger partial charge in [0, 0.05) is 17.2 Å². The molecule has 1 fully saturated rings. The molecule has 0 saturated heterocycles. The predicted molar refractivity (Wildman–Crippen MR) is 86.9 cm³/mol. The fourth-order valence-electron chi connectivity index (χ4n) is 2.26.